The Balaban J connectivity index is 1.69. The highest BCUT2D eigenvalue weighted by atomic mass is 19.1. The standard InChI is InChI=1S/C16H19F2NO3/c17-12-8-11(9-13(18)10-12)15(21)19-5-3-16(4-6-19)14(20)2-1-7-22-16/h8-10,14,20H,1-7H2/t14-/m1/s1. The number of hydrogen-bond donors (Lipinski definition) is 1. The molecule has 120 valence electrons. The zero-order valence-electron chi connectivity index (χ0n) is 12.2. The number of carbonyl (C=O) groups excluding carboxylic acids is 1. The molecule has 0 radical (unpaired) electrons. The first kappa shape index (κ1) is 15.4. The van der Waals surface area contributed by atoms with E-state index in [4.69, 9.17) is 4.74 Å². The van der Waals surface area contributed by atoms with Gasteiger partial charge in [-0.3, -0.25) is 4.79 Å². The number of carbonyl (C=O) groups is 1. The number of amides is 1. The second-order valence-electron chi connectivity index (χ2n) is 6.02. The van der Waals surface area contributed by atoms with E-state index >= 15 is 0 Å². The third-order valence-electron chi connectivity index (χ3n) is 4.63. The van der Waals surface area contributed by atoms with Crippen LogP contribution in [-0.2, 0) is 4.74 Å². The van der Waals surface area contributed by atoms with E-state index in [0.29, 0.717) is 39.0 Å². The van der Waals surface area contributed by atoms with Gasteiger partial charge in [0.2, 0.25) is 0 Å². The van der Waals surface area contributed by atoms with E-state index in [9.17, 15) is 18.7 Å². The Morgan fingerprint density at radius 3 is 2.45 bits per heavy atom. The average Bonchev–Trinajstić information content (AvgIpc) is 2.49. The van der Waals surface area contributed by atoms with Crippen LogP contribution in [0.3, 0.4) is 0 Å². The summed E-state index contributed by atoms with van der Waals surface area (Å²) in [4.78, 5) is 13.9. The lowest BCUT2D eigenvalue weighted by Gasteiger charge is -2.46. The Labute approximate surface area is 127 Å². The molecule has 1 amide bonds. The summed E-state index contributed by atoms with van der Waals surface area (Å²) in [6, 6.07) is 2.83. The van der Waals surface area contributed by atoms with Gasteiger partial charge in [-0.1, -0.05) is 0 Å². The number of likely N-dealkylation sites (tertiary alicyclic amines) is 1. The minimum Gasteiger partial charge on any atom is -0.390 e. The Morgan fingerprint density at radius 2 is 1.86 bits per heavy atom. The number of nitrogens with zero attached hydrogens (tertiary/aromatic N) is 1. The molecule has 0 aliphatic carbocycles. The molecule has 4 nitrogen and oxygen atoms in total. The molecule has 0 saturated carbocycles. The molecule has 2 aliphatic heterocycles. The molecule has 2 heterocycles. The SMILES string of the molecule is O=C(c1cc(F)cc(F)c1)N1CCC2(CC1)OCCC[C@H]2O. The van der Waals surface area contributed by atoms with Crippen LogP contribution in [0.15, 0.2) is 18.2 Å². The van der Waals surface area contributed by atoms with Crippen molar-refractivity contribution in [3.05, 3.63) is 35.4 Å². The van der Waals surface area contributed by atoms with E-state index in [1.54, 1.807) is 4.90 Å². The highest BCUT2D eigenvalue weighted by molar-refractivity contribution is 5.94. The summed E-state index contributed by atoms with van der Waals surface area (Å²) in [6.45, 7) is 1.45. The van der Waals surface area contributed by atoms with Crippen molar-refractivity contribution in [1.29, 1.82) is 0 Å². The van der Waals surface area contributed by atoms with Gasteiger partial charge in [-0.2, -0.15) is 0 Å². The molecule has 1 aromatic carbocycles. The average molecular weight is 311 g/mol. The number of aliphatic hydroxyl groups excluding tert-OH is 1. The predicted octanol–water partition coefficient (Wildman–Crippen LogP) is 2.11. The van der Waals surface area contributed by atoms with Crippen LogP contribution in [0.25, 0.3) is 0 Å². The summed E-state index contributed by atoms with van der Waals surface area (Å²) in [5, 5.41) is 10.2. The van der Waals surface area contributed by atoms with Crippen molar-refractivity contribution < 1.29 is 23.4 Å². The molecular formula is C16H19F2NO3. The molecule has 1 aromatic rings. The van der Waals surface area contributed by atoms with Gasteiger partial charge in [-0.25, -0.2) is 8.78 Å². The fourth-order valence-electron chi connectivity index (χ4n) is 3.34. The fraction of sp³-hybridized carbons (Fsp3) is 0.562. The lowest BCUT2D eigenvalue weighted by atomic mass is 9.82. The van der Waals surface area contributed by atoms with Gasteiger partial charge in [0.1, 0.15) is 11.6 Å². The van der Waals surface area contributed by atoms with E-state index in [2.05, 4.69) is 0 Å². The van der Waals surface area contributed by atoms with Crippen LogP contribution in [0.2, 0.25) is 0 Å². The van der Waals surface area contributed by atoms with Crippen LogP contribution >= 0.6 is 0 Å². The maximum Gasteiger partial charge on any atom is 0.254 e. The summed E-state index contributed by atoms with van der Waals surface area (Å²) in [5.41, 5.74) is -0.555. The number of ether oxygens (including phenoxy) is 1. The zero-order chi connectivity index (χ0) is 15.7. The van der Waals surface area contributed by atoms with Gasteiger partial charge < -0.3 is 14.7 Å². The normalized spacial score (nSPS) is 24.5. The number of hydrogen-bond acceptors (Lipinski definition) is 3. The quantitative estimate of drug-likeness (QED) is 0.864. The third kappa shape index (κ3) is 2.85. The maximum atomic E-state index is 13.2. The van der Waals surface area contributed by atoms with Gasteiger partial charge in [0.25, 0.3) is 5.91 Å². The number of rotatable bonds is 1. The van der Waals surface area contributed by atoms with Crippen LogP contribution in [0.1, 0.15) is 36.0 Å². The van der Waals surface area contributed by atoms with Crippen LogP contribution in [0.5, 0.6) is 0 Å². The van der Waals surface area contributed by atoms with E-state index in [0.717, 1.165) is 24.6 Å². The summed E-state index contributed by atoms with van der Waals surface area (Å²) in [5.74, 6) is -1.91. The zero-order valence-corrected chi connectivity index (χ0v) is 12.2. The van der Waals surface area contributed by atoms with Crippen molar-refractivity contribution in [1.82, 2.24) is 4.90 Å². The van der Waals surface area contributed by atoms with E-state index in [1.807, 2.05) is 0 Å². The molecule has 1 N–H and O–H groups in total. The molecule has 0 unspecified atom stereocenters. The molecular weight excluding hydrogens is 292 g/mol. The molecule has 22 heavy (non-hydrogen) atoms. The largest absolute Gasteiger partial charge is 0.390 e. The van der Waals surface area contributed by atoms with Crippen molar-refractivity contribution in [2.75, 3.05) is 19.7 Å². The Hall–Kier alpha value is -1.53. The van der Waals surface area contributed by atoms with Crippen LogP contribution in [-0.4, -0.2) is 47.3 Å². The Kier molecular flexibility index (Phi) is 4.14. The molecule has 2 aliphatic rings. The van der Waals surface area contributed by atoms with Gasteiger partial charge in [-0.15, -0.1) is 0 Å². The lowest BCUT2D eigenvalue weighted by Crippen LogP contribution is -2.56. The van der Waals surface area contributed by atoms with E-state index < -0.39 is 29.2 Å². The number of aliphatic hydroxyl groups is 1. The summed E-state index contributed by atoms with van der Waals surface area (Å²) >= 11 is 0. The van der Waals surface area contributed by atoms with Crippen LogP contribution in [0, 0.1) is 11.6 Å². The van der Waals surface area contributed by atoms with Crippen molar-refractivity contribution in [2.24, 2.45) is 0 Å². The Bertz CT molecular complexity index is 550. The summed E-state index contributed by atoms with van der Waals surface area (Å²) in [7, 11) is 0. The Morgan fingerprint density at radius 1 is 1.23 bits per heavy atom. The van der Waals surface area contributed by atoms with Gasteiger partial charge in [0.05, 0.1) is 11.7 Å². The minimum absolute atomic E-state index is 0.0126. The molecule has 6 heteroatoms. The van der Waals surface area contributed by atoms with Crippen molar-refractivity contribution in [2.45, 2.75) is 37.4 Å². The van der Waals surface area contributed by atoms with Gasteiger partial charge in [0.15, 0.2) is 0 Å². The molecule has 3 rings (SSSR count). The van der Waals surface area contributed by atoms with Crippen molar-refractivity contribution in [3.8, 4) is 0 Å². The fourth-order valence-corrected chi connectivity index (χ4v) is 3.34. The molecule has 1 spiro atoms. The van der Waals surface area contributed by atoms with Gasteiger partial charge in [0, 0.05) is 31.3 Å². The van der Waals surface area contributed by atoms with Gasteiger partial charge in [-0.05, 0) is 37.8 Å². The maximum absolute atomic E-state index is 13.2. The molecule has 1 atom stereocenters. The number of piperidine rings is 1. The highest BCUT2D eigenvalue weighted by Crippen LogP contribution is 2.35. The van der Waals surface area contributed by atoms with Gasteiger partial charge >= 0.3 is 0 Å². The smallest absolute Gasteiger partial charge is 0.254 e. The van der Waals surface area contributed by atoms with Crippen LogP contribution < -0.4 is 0 Å². The summed E-state index contributed by atoms with van der Waals surface area (Å²) < 4.78 is 32.2. The topological polar surface area (TPSA) is 49.8 Å². The van der Waals surface area contributed by atoms with E-state index in [1.165, 1.54) is 0 Å². The lowest BCUT2D eigenvalue weighted by molar-refractivity contribution is -0.174. The molecule has 0 aromatic heterocycles. The monoisotopic (exact) mass is 311 g/mol. The predicted molar refractivity (Wildman–Crippen MR) is 75.4 cm³/mol. The molecule has 2 saturated heterocycles. The minimum atomic E-state index is -0.761. The first-order valence-electron chi connectivity index (χ1n) is 7.58. The molecule has 2 fully saturated rings. The summed E-state index contributed by atoms with van der Waals surface area (Å²) in [6.07, 6.45) is 2.12. The van der Waals surface area contributed by atoms with Crippen LogP contribution in [0.4, 0.5) is 8.78 Å². The van der Waals surface area contributed by atoms with E-state index in [-0.39, 0.29) is 5.56 Å². The number of benzene rings is 1. The highest BCUT2D eigenvalue weighted by Gasteiger charge is 2.44. The number of halogens is 2. The van der Waals surface area contributed by atoms with Crippen molar-refractivity contribution in [3.63, 3.8) is 0 Å². The molecule has 0 bridgehead atoms. The first-order chi connectivity index (χ1) is 10.5. The second-order valence-corrected chi connectivity index (χ2v) is 6.02. The first-order valence-corrected chi connectivity index (χ1v) is 7.58. The second kappa shape index (κ2) is 5.93. The van der Waals surface area contributed by atoms with Crippen molar-refractivity contribution >= 4 is 5.91 Å². The third-order valence-corrected chi connectivity index (χ3v) is 4.63.